The van der Waals surface area contributed by atoms with Gasteiger partial charge in [-0.2, -0.15) is 0 Å². The van der Waals surface area contributed by atoms with E-state index in [0.717, 1.165) is 29.7 Å². The zero-order chi connectivity index (χ0) is 18.1. The first-order valence-corrected chi connectivity index (χ1v) is 8.58. The van der Waals surface area contributed by atoms with Crippen molar-refractivity contribution in [2.24, 2.45) is 0 Å². The average molecular weight is 342 g/mol. The second-order valence-electron chi connectivity index (χ2n) is 6.87. The SMILES string of the molecule is CC(=O)c1c(C)[nH]c(C(=O)CN(Cc2ccc(F)cc2)C2CC2)c1C. The van der Waals surface area contributed by atoms with Crippen LogP contribution in [0.4, 0.5) is 4.39 Å². The zero-order valence-electron chi connectivity index (χ0n) is 14.9. The van der Waals surface area contributed by atoms with Crippen molar-refractivity contribution in [1.29, 1.82) is 0 Å². The number of benzene rings is 1. The van der Waals surface area contributed by atoms with Crippen molar-refractivity contribution in [3.05, 3.63) is 58.2 Å². The molecule has 0 unspecified atom stereocenters. The van der Waals surface area contributed by atoms with Crippen LogP contribution in [0.2, 0.25) is 0 Å². The van der Waals surface area contributed by atoms with Gasteiger partial charge in [-0.3, -0.25) is 14.5 Å². The Morgan fingerprint density at radius 3 is 2.36 bits per heavy atom. The van der Waals surface area contributed by atoms with Gasteiger partial charge in [-0.25, -0.2) is 4.39 Å². The summed E-state index contributed by atoms with van der Waals surface area (Å²) in [5.74, 6) is -0.301. The molecule has 1 aliphatic carbocycles. The average Bonchev–Trinajstić information content (AvgIpc) is 3.34. The van der Waals surface area contributed by atoms with E-state index in [1.807, 2.05) is 13.8 Å². The Hall–Kier alpha value is -2.27. The van der Waals surface area contributed by atoms with Crippen molar-refractivity contribution >= 4 is 11.6 Å². The highest BCUT2D eigenvalue weighted by atomic mass is 19.1. The maximum absolute atomic E-state index is 13.1. The molecule has 1 aromatic carbocycles. The molecule has 1 fully saturated rings. The Morgan fingerprint density at radius 2 is 1.84 bits per heavy atom. The summed E-state index contributed by atoms with van der Waals surface area (Å²) < 4.78 is 13.1. The molecular weight excluding hydrogens is 319 g/mol. The number of nitrogens with one attached hydrogen (secondary N) is 1. The number of carbonyl (C=O) groups is 2. The quantitative estimate of drug-likeness (QED) is 0.778. The number of aromatic amines is 1. The number of rotatable bonds is 7. The normalized spacial score (nSPS) is 14.1. The van der Waals surface area contributed by atoms with Crippen molar-refractivity contribution in [2.45, 2.75) is 46.2 Å². The van der Waals surface area contributed by atoms with Gasteiger partial charge in [0.15, 0.2) is 11.6 Å². The fraction of sp³-hybridized carbons (Fsp3) is 0.400. The fourth-order valence-electron chi connectivity index (χ4n) is 3.40. The molecule has 0 aliphatic heterocycles. The van der Waals surface area contributed by atoms with Gasteiger partial charge in [0.25, 0.3) is 0 Å². The molecule has 0 amide bonds. The molecule has 0 radical (unpaired) electrons. The van der Waals surface area contributed by atoms with Gasteiger partial charge in [-0.1, -0.05) is 12.1 Å². The lowest BCUT2D eigenvalue weighted by Crippen LogP contribution is -2.32. The number of carbonyl (C=O) groups excluding carboxylic acids is 2. The van der Waals surface area contributed by atoms with Crippen LogP contribution < -0.4 is 0 Å². The largest absolute Gasteiger partial charge is 0.355 e. The third-order valence-electron chi connectivity index (χ3n) is 4.78. The number of H-pyrrole nitrogens is 1. The van der Waals surface area contributed by atoms with Gasteiger partial charge in [-0.05, 0) is 56.9 Å². The summed E-state index contributed by atoms with van der Waals surface area (Å²) >= 11 is 0. The second-order valence-corrected chi connectivity index (χ2v) is 6.87. The molecule has 2 aromatic rings. The first-order chi connectivity index (χ1) is 11.9. The third kappa shape index (κ3) is 3.87. The van der Waals surface area contributed by atoms with Crippen molar-refractivity contribution in [3.63, 3.8) is 0 Å². The first kappa shape index (κ1) is 17.5. The minimum atomic E-state index is -0.257. The number of aromatic nitrogens is 1. The van der Waals surface area contributed by atoms with Crippen molar-refractivity contribution in [2.75, 3.05) is 6.54 Å². The molecule has 1 aliphatic rings. The van der Waals surface area contributed by atoms with Gasteiger partial charge in [0, 0.05) is 23.8 Å². The smallest absolute Gasteiger partial charge is 0.193 e. The van der Waals surface area contributed by atoms with E-state index >= 15 is 0 Å². The van der Waals surface area contributed by atoms with Crippen LogP contribution in [0.15, 0.2) is 24.3 Å². The van der Waals surface area contributed by atoms with Crippen LogP contribution in [-0.4, -0.2) is 34.0 Å². The topological polar surface area (TPSA) is 53.2 Å². The van der Waals surface area contributed by atoms with E-state index in [0.29, 0.717) is 30.4 Å². The van der Waals surface area contributed by atoms with Crippen LogP contribution in [0.1, 0.15) is 57.4 Å². The number of hydrogen-bond acceptors (Lipinski definition) is 3. The van der Waals surface area contributed by atoms with Crippen LogP contribution in [0.5, 0.6) is 0 Å². The monoisotopic (exact) mass is 342 g/mol. The highest BCUT2D eigenvalue weighted by molar-refractivity contribution is 6.03. The van der Waals surface area contributed by atoms with Crippen LogP contribution in [0.25, 0.3) is 0 Å². The summed E-state index contributed by atoms with van der Waals surface area (Å²) in [6, 6.07) is 6.80. The first-order valence-electron chi connectivity index (χ1n) is 8.58. The molecule has 1 saturated carbocycles. The van der Waals surface area contributed by atoms with Gasteiger partial charge in [0.1, 0.15) is 5.82 Å². The van der Waals surface area contributed by atoms with E-state index in [-0.39, 0.29) is 17.4 Å². The summed E-state index contributed by atoms with van der Waals surface area (Å²) in [7, 11) is 0. The summed E-state index contributed by atoms with van der Waals surface area (Å²) in [6.45, 7) is 6.06. The fourth-order valence-corrected chi connectivity index (χ4v) is 3.40. The Morgan fingerprint density at radius 1 is 1.20 bits per heavy atom. The Kier molecular flexibility index (Phi) is 4.86. The minimum Gasteiger partial charge on any atom is -0.355 e. The van der Waals surface area contributed by atoms with Gasteiger partial charge in [-0.15, -0.1) is 0 Å². The van der Waals surface area contributed by atoms with Crippen LogP contribution >= 0.6 is 0 Å². The second kappa shape index (κ2) is 6.92. The van der Waals surface area contributed by atoms with Crippen molar-refractivity contribution in [1.82, 2.24) is 9.88 Å². The molecule has 4 nitrogen and oxygen atoms in total. The zero-order valence-corrected chi connectivity index (χ0v) is 14.9. The molecule has 0 saturated heterocycles. The van der Waals surface area contributed by atoms with E-state index in [1.165, 1.54) is 19.1 Å². The van der Waals surface area contributed by atoms with E-state index in [4.69, 9.17) is 0 Å². The van der Waals surface area contributed by atoms with E-state index < -0.39 is 0 Å². The third-order valence-corrected chi connectivity index (χ3v) is 4.78. The number of hydrogen-bond donors (Lipinski definition) is 1. The van der Waals surface area contributed by atoms with Crippen molar-refractivity contribution in [3.8, 4) is 0 Å². The molecule has 1 N–H and O–H groups in total. The predicted octanol–water partition coefficient (Wildman–Crippen LogP) is 3.82. The summed E-state index contributed by atoms with van der Waals surface area (Å²) in [6.07, 6.45) is 2.16. The Labute approximate surface area is 147 Å². The highest BCUT2D eigenvalue weighted by Crippen LogP contribution is 2.29. The lowest BCUT2D eigenvalue weighted by Gasteiger charge is -2.21. The number of Topliss-reactive ketones (excluding diaryl/α,β-unsaturated/α-hetero) is 2. The van der Waals surface area contributed by atoms with Crippen LogP contribution in [-0.2, 0) is 6.54 Å². The van der Waals surface area contributed by atoms with E-state index in [2.05, 4.69) is 9.88 Å². The molecule has 0 atom stereocenters. The molecule has 25 heavy (non-hydrogen) atoms. The summed E-state index contributed by atoms with van der Waals surface area (Å²) in [5, 5.41) is 0. The van der Waals surface area contributed by atoms with Crippen LogP contribution in [0, 0.1) is 19.7 Å². The predicted molar refractivity (Wildman–Crippen MR) is 94.4 cm³/mol. The number of aryl methyl sites for hydroxylation is 1. The van der Waals surface area contributed by atoms with Gasteiger partial charge >= 0.3 is 0 Å². The molecule has 5 heteroatoms. The highest BCUT2D eigenvalue weighted by Gasteiger charge is 2.31. The Bertz CT molecular complexity index is 804. The number of halogens is 1. The lowest BCUT2D eigenvalue weighted by atomic mass is 10.0. The molecule has 3 rings (SSSR count). The molecule has 0 spiro atoms. The van der Waals surface area contributed by atoms with Gasteiger partial charge in [0.2, 0.25) is 0 Å². The van der Waals surface area contributed by atoms with Gasteiger partial charge < -0.3 is 4.98 Å². The van der Waals surface area contributed by atoms with Crippen molar-refractivity contribution < 1.29 is 14.0 Å². The Balaban J connectivity index is 1.76. The number of nitrogens with zero attached hydrogens (tertiary/aromatic N) is 1. The maximum Gasteiger partial charge on any atom is 0.193 e. The molecule has 1 aromatic heterocycles. The summed E-state index contributed by atoms with van der Waals surface area (Å²) in [4.78, 5) is 29.8. The minimum absolute atomic E-state index is 0.0119. The van der Waals surface area contributed by atoms with E-state index in [1.54, 1.807) is 12.1 Å². The maximum atomic E-state index is 13.1. The molecule has 0 bridgehead atoms. The van der Waals surface area contributed by atoms with Crippen LogP contribution in [0.3, 0.4) is 0 Å². The molecule has 132 valence electrons. The molecule has 1 heterocycles. The van der Waals surface area contributed by atoms with E-state index in [9.17, 15) is 14.0 Å². The lowest BCUT2D eigenvalue weighted by molar-refractivity contribution is 0.0914. The van der Waals surface area contributed by atoms with Gasteiger partial charge in [0.05, 0.1) is 12.2 Å². The standard InChI is InChI=1S/C20H23FN2O2/c1-12-19(14(3)24)13(2)22-20(12)18(25)11-23(17-8-9-17)10-15-4-6-16(21)7-5-15/h4-7,17,22H,8-11H2,1-3H3. The summed E-state index contributed by atoms with van der Waals surface area (Å²) in [5.41, 5.74) is 3.59. The number of ketones is 2. The molecular formula is C20H23FN2O2.